The third kappa shape index (κ3) is 8.81. The third-order valence-electron chi connectivity index (χ3n) is 3.41. The van der Waals surface area contributed by atoms with Gasteiger partial charge in [-0.25, -0.2) is 9.59 Å². The predicted molar refractivity (Wildman–Crippen MR) is 101 cm³/mol. The summed E-state index contributed by atoms with van der Waals surface area (Å²) in [6, 6.07) is 17.1. The molecular weight excluding hydrogens is 366 g/mol. The molecule has 8 heteroatoms. The van der Waals surface area contributed by atoms with Crippen LogP contribution in [0, 0.1) is 0 Å². The molecule has 150 valence electrons. The minimum Gasteiger partial charge on any atom is -0.489 e. The molecule has 0 saturated carbocycles. The molecule has 0 heterocycles. The van der Waals surface area contributed by atoms with Gasteiger partial charge >= 0.3 is 17.9 Å². The van der Waals surface area contributed by atoms with Crippen LogP contribution in [0.3, 0.4) is 0 Å². The van der Waals surface area contributed by atoms with Crippen molar-refractivity contribution >= 4 is 17.9 Å². The first kappa shape index (κ1) is 22.7. The summed E-state index contributed by atoms with van der Waals surface area (Å²) >= 11 is 0. The van der Waals surface area contributed by atoms with Gasteiger partial charge in [-0.2, -0.15) is 0 Å². The van der Waals surface area contributed by atoms with Crippen molar-refractivity contribution < 1.29 is 34.1 Å². The Hall–Kier alpha value is -3.39. The molecule has 2 aromatic carbocycles. The highest BCUT2D eigenvalue weighted by atomic mass is 16.5. The van der Waals surface area contributed by atoms with Gasteiger partial charge in [-0.1, -0.05) is 42.5 Å². The first-order valence-electron chi connectivity index (χ1n) is 8.47. The standard InChI is InChI=1S/C18H21NO3.C2H2O4/c1-2-21-18(20)12-17(19)15-9-6-10-16(11-15)22-13-14-7-4-3-5-8-14;3-1(4)2(5)6/h3-11,17H,2,12-13,19H2,1H3;(H,3,4)(H,5,6). The van der Waals surface area contributed by atoms with Gasteiger partial charge in [0.15, 0.2) is 0 Å². The Morgan fingerprint density at radius 3 is 2.21 bits per heavy atom. The van der Waals surface area contributed by atoms with E-state index in [-0.39, 0.29) is 18.4 Å². The normalized spacial score (nSPS) is 10.8. The molecule has 28 heavy (non-hydrogen) atoms. The van der Waals surface area contributed by atoms with Crippen LogP contribution in [0.25, 0.3) is 0 Å². The minimum absolute atomic E-state index is 0.163. The van der Waals surface area contributed by atoms with Crippen molar-refractivity contribution in [3.05, 3.63) is 65.7 Å². The predicted octanol–water partition coefficient (Wildman–Crippen LogP) is 2.37. The lowest BCUT2D eigenvalue weighted by Gasteiger charge is -2.13. The molecule has 0 amide bonds. The number of carboxylic acid groups (broad SMARTS) is 2. The van der Waals surface area contributed by atoms with Crippen molar-refractivity contribution in [1.82, 2.24) is 0 Å². The largest absolute Gasteiger partial charge is 0.489 e. The summed E-state index contributed by atoms with van der Waals surface area (Å²) in [6.07, 6.45) is 0.163. The number of rotatable bonds is 7. The number of hydrogen-bond donors (Lipinski definition) is 3. The van der Waals surface area contributed by atoms with Crippen molar-refractivity contribution in [3.63, 3.8) is 0 Å². The Balaban J connectivity index is 0.000000568. The Labute approximate surface area is 162 Å². The molecule has 0 fully saturated rings. The number of carbonyl (C=O) groups is 3. The van der Waals surface area contributed by atoms with E-state index in [4.69, 9.17) is 35.0 Å². The number of aliphatic carboxylic acids is 2. The number of benzene rings is 2. The van der Waals surface area contributed by atoms with Crippen LogP contribution in [0.15, 0.2) is 54.6 Å². The average molecular weight is 389 g/mol. The highest BCUT2D eigenvalue weighted by molar-refractivity contribution is 6.27. The lowest BCUT2D eigenvalue weighted by atomic mass is 10.0. The van der Waals surface area contributed by atoms with E-state index < -0.39 is 11.9 Å². The first-order valence-corrected chi connectivity index (χ1v) is 8.47. The highest BCUT2D eigenvalue weighted by Gasteiger charge is 2.13. The van der Waals surface area contributed by atoms with Crippen LogP contribution in [-0.4, -0.2) is 34.7 Å². The summed E-state index contributed by atoms with van der Waals surface area (Å²) in [7, 11) is 0. The number of nitrogens with two attached hydrogens (primary N) is 1. The molecule has 0 spiro atoms. The van der Waals surface area contributed by atoms with Crippen molar-refractivity contribution in [3.8, 4) is 5.75 Å². The number of carbonyl (C=O) groups excluding carboxylic acids is 1. The first-order chi connectivity index (χ1) is 13.3. The summed E-state index contributed by atoms with van der Waals surface area (Å²) in [6.45, 7) is 2.64. The van der Waals surface area contributed by atoms with E-state index in [1.54, 1.807) is 6.92 Å². The fraction of sp³-hybridized carbons (Fsp3) is 0.250. The quantitative estimate of drug-likeness (QED) is 0.485. The summed E-state index contributed by atoms with van der Waals surface area (Å²) in [5.41, 5.74) is 8.01. The van der Waals surface area contributed by atoms with E-state index in [0.29, 0.717) is 13.2 Å². The lowest BCUT2D eigenvalue weighted by Crippen LogP contribution is -2.17. The smallest absolute Gasteiger partial charge is 0.414 e. The number of hydrogen-bond acceptors (Lipinski definition) is 6. The lowest BCUT2D eigenvalue weighted by molar-refractivity contribution is -0.159. The van der Waals surface area contributed by atoms with Gasteiger partial charge in [-0.3, -0.25) is 4.79 Å². The van der Waals surface area contributed by atoms with Crippen LogP contribution in [0.1, 0.15) is 30.5 Å². The number of carboxylic acids is 2. The Kier molecular flexibility index (Phi) is 9.77. The molecule has 0 bridgehead atoms. The zero-order valence-electron chi connectivity index (χ0n) is 15.4. The number of ether oxygens (including phenoxy) is 2. The van der Waals surface area contributed by atoms with E-state index in [1.165, 1.54) is 0 Å². The van der Waals surface area contributed by atoms with Crippen molar-refractivity contribution in [1.29, 1.82) is 0 Å². The molecule has 4 N–H and O–H groups in total. The molecule has 0 radical (unpaired) electrons. The summed E-state index contributed by atoms with van der Waals surface area (Å²) in [5.74, 6) is -3.20. The Morgan fingerprint density at radius 1 is 1.00 bits per heavy atom. The van der Waals surface area contributed by atoms with Gasteiger partial charge < -0.3 is 25.4 Å². The minimum atomic E-state index is -1.82. The second kappa shape index (κ2) is 12.1. The van der Waals surface area contributed by atoms with E-state index in [1.807, 2.05) is 54.6 Å². The molecule has 0 aliphatic carbocycles. The maximum atomic E-state index is 11.5. The summed E-state index contributed by atoms with van der Waals surface area (Å²) < 4.78 is 10.7. The Bertz CT molecular complexity index is 765. The van der Waals surface area contributed by atoms with Gasteiger partial charge in [0.25, 0.3) is 0 Å². The Morgan fingerprint density at radius 2 is 1.64 bits per heavy atom. The molecule has 0 aliphatic rings. The molecule has 8 nitrogen and oxygen atoms in total. The van der Waals surface area contributed by atoms with Crippen LogP contribution >= 0.6 is 0 Å². The van der Waals surface area contributed by atoms with Crippen LogP contribution in [0.2, 0.25) is 0 Å². The van der Waals surface area contributed by atoms with E-state index >= 15 is 0 Å². The molecule has 0 aromatic heterocycles. The molecule has 1 atom stereocenters. The zero-order chi connectivity index (χ0) is 20.9. The van der Waals surface area contributed by atoms with Crippen molar-refractivity contribution in [2.45, 2.75) is 26.0 Å². The van der Waals surface area contributed by atoms with Gasteiger partial charge in [-0.15, -0.1) is 0 Å². The summed E-state index contributed by atoms with van der Waals surface area (Å²) in [5, 5.41) is 14.8. The van der Waals surface area contributed by atoms with Crippen LogP contribution in [0.5, 0.6) is 5.75 Å². The number of esters is 1. The summed E-state index contributed by atoms with van der Waals surface area (Å²) in [4.78, 5) is 29.7. The molecular formula is C20H23NO7. The monoisotopic (exact) mass is 389 g/mol. The molecule has 0 aliphatic heterocycles. The molecule has 1 unspecified atom stereocenters. The average Bonchev–Trinajstić information content (AvgIpc) is 2.68. The third-order valence-corrected chi connectivity index (χ3v) is 3.41. The fourth-order valence-corrected chi connectivity index (χ4v) is 2.09. The van der Waals surface area contributed by atoms with E-state index in [2.05, 4.69) is 0 Å². The van der Waals surface area contributed by atoms with E-state index in [9.17, 15) is 4.79 Å². The highest BCUT2D eigenvalue weighted by Crippen LogP contribution is 2.21. The van der Waals surface area contributed by atoms with Gasteiger partial charge in [0.05, 0.1) is 13.0 Å². The SMILES string of the molecule is CCOC(=O)CC(N)c1cccc(OCc2ccccc2)c1.O=C(O)C(=O)O. The molecule has 2 rings (SSSR count). The van der Waals surface area contributed by atoms with Crippen molar-refractivity contribution in [2.24, 2.45) is 5.73 Å². The van der Waals surface area contributed by atoms with Crippen LogP contribution < -0.4 is 10.5 Å². The topological polar surface area (TPSA) is 136 Å². The van der Waals surface area contributed by atoms with Gasteiger partial charge in [0.1, 0.15) is 12.4 Å². The maximum Gasteiger partial charge on any atom is 0.414 e. The van der Waals surface area contributed by atoms with Crippen LogP contribution in [-0.2, 0) is 25.7 Å². The second-order valence-corrected chi connectivity index (χ2v) is 5.57. The second-order valence-electron chi connectivity index (χ2n) is 5.57. The van der Waals surface area contributed by atoms with Gasteiger partial charge in [0, 0.05) is 6.04 Å². The van der Waals surface area contributed by atoms with E-state index in [0.717, 1.165) is 16.9 Å². The zero-order valence-corrected chi connectivity index (χ0v) is 15.4. The molecule has 0 saturated heterocycles. The maximum absolute atomic E-state index is 11.5. The molecule has 2 aromatic rings. The van der Waals surface area contributed by atoms with Gasteiger partial charge in [0.2, 0.25) is 0 Å². The fourth-order valence-electron chi connectivity index (χ4n) is 2.09. The van der Waals surface area contributed by atoms with Gasteiger partial charge in [-0.05, 0) is 30.2 Å². The van der Waals surface area contributed by atoms with Crippen LogP contribution in [0.4, 0.5) is 0 Å². The van der Waals surface area contributed by atoms with Crippen molar-refractivity contribution in [2.75, 3.05) is 6.61 Å².